The Morgan fingerprint density at radius 1 is 1.50 bits per heavy atom. The zero-order valence-electron chi connectivity index (χ0n) is 7.48. The molecule has 0 bridgehead atoms. The maximum atomic E-state index is 10.7. The fraction of sp³-hybridized carbons (Fsp3) is 0.625. The molecule has 76 valence electrons. The molecule has 1 aromatic rings. The van der Waals surface area contributed by atoms with Gasteiger partial charge in [0.05, 0.1) is 6.04 Å². The molecule has 1 aliphatic carbocycles. The van der Waals surface area contributed by atoms with E-state index >= 15 is 0 Å². The molecule has 0 saturated heterocycles. The minimum absolute atomic E-state index is 0.00287. The Morgan fingerprint density at radius 2 is 2.14 bits per heavy atom. The summed E-state index contributed by atoms with van der Waals surface area (Å²) in [6.45, 7) is 0. The number of aromatic carboxylic acids is 1. The first-order valence-electron chi connectivity index (χ1n) is 4.54. The van der Waals surface area contributed by atoms with Gasteiger partial charge in [0.25, 0.3) is 0 Å². The third-order valence-electron chi connectivity index (χ3n) is 2.51. The van der Waals surface area contributed by atoms with Gasteiger partial charge in [-0.25, -0.2) is 9.48 Å². The molecular formula is C8H10BrN3O2. The fourth-order valence-electron chi connectivity index (χ4n) is 1.80. The van der Waals surface area contributed by atoms with Crippen molar-refractivity contribution in [3.63, 3.8) is 0 Å². The second-order valence-corrected chi connectivity index (χ2v) is 4.17. The summed E-state index contributed by atoms with van der Waals surface area (Å²) in [5, 5.41) is 16.3. The summed E-state index contributed by atoms with van der Waals surface area (Å²) < 4.78 is 2.16. The third kappa shape index (κ3) is 1.54. The molecule has 6 heteroatoms. The van der Waals surface area contributed by atoms with E-state index in [2.05, 4.69) is 26.2 Å². The molecule has 1 aliphatic rings. The average Bonchev–Trinajstić information content (AvgIpc) is 2.71. The summed E-state index contributed by atoms with van der Waals surface area (Å²) in [7, 11) is 0. The van der Waals surface area contributed by atoms with Crippen LogP contribution in [0.25, 0.3) is 0 Å². The minimum Gasteiger partial charge on any atom is -0.476 e. The third-order valence-corrected chi connectivity index (χ3v) is 3.25. The Labute approximate surface area is 89.2 Å². The van der Waals surface area contributed by atoms with E-state index in [4.69, 9.17) is 5.11 Å². The van der Waals surface area contributed by atoms with Gasteiger partial charge >= 0.3 is 5.97 Å². The van der Waals surface area contributed by atoms with Crippen LogP contribution in [0.3, 0.4) is 0 Å². The lowest BCUT2D eigenvalue weighted by Gasteiger charge is -2.09. The summed E-state index contributed by atoms with van der Waals surface area (Å²) in [6.07, 6.45) is 4.47. The molecule has 0 atom stereocenters. The number of carboxylic acid groups (broad SMARTS) is 1. The molecular weight excluding hydrogens is 250 g/mol. The van der Waals surface area contributed by atoms with E-state index < -0.39 is 5.97 Å². The summed E-state index contributed by atoms with van der Waals surface area (Å²) >= 11 is 3.22. The number of hydrogen-bond donors (Lipinski definition) is 1. The van der Waals surface area contributed by atoms with Crippen molar-refractivity contribution in [2.24, 2.45) is 0 Å². The standard InChI is InChI=1S/C8H10BrN3O2/c9-7-6(8(13)14)10-11-12(7)5-3-1-2-4-5/h5H,1-4H2,(H,13,14). The Morgan fingerprint density at radius 3 is 2.64 bits per heavy atom. The van der Waals surface area contributed by atoms with Crippen LogP contribution in [0.15, 0.2) is 4.60 Å². The van der Waals surface area contributed by atoms with Crippen LogP contribution in [0, 0.1) is 0 Å². The van der Waals surface area contributed by atoms with E-state index in [0.29, 0.717) is 10.6 Å². The Hall–Kier alpha value is -0.910. The number of nitrogens with zero attached hydrogens (tertiary/aromatic N) is 3. The van der Waals surface area contributed by atoms with Crippen LogP contribution >= 0.6 is 15.9 Å². The number of halogens is 1. The van der Waals surface area contributed by atoms with Gasteiger partial charge in [-0.3, -0.25) is 0 Å². The van der Waals surface area contributed by atoms with Crippen LogP contribution in [-0.2, 0) is 0 Å². The van der Waals surface area contributed by atoms with Gasteiger partial charge < -0.3 is 5.11 Å². The van der Waals surface area contributed by atoms with Crippen molar-refractivity contribution in [1.82, 2.24) is 15.0 Å². The first-order chi connectivity index (χ1) is 6.70. The molecule has 1 N–H and O–H groups in total. The summed E-state index contributed by atoms with van der Waals surface area (Å²) in [4.78, 5) is 10.7. The molecule has 1 heterocycles. The number of hydrogen-bond acceptors (Lipinski definition) is 3. The number of carboxylic acids is 1. The van der Waals surface area contributed by atoms with E-state index in [1.807, 2.05) is 0 Å². The van der Waals surface area contributed by atoms with Crippen molar-refractivity contribution >= 4 is 21.9 Å². The van der Waals surface area contributed by atoms with Crippen LogP contribution < -0.4 is 0 Å². The monoisotopic (exact) mass is 259 g/mol. The number of rotatable bonds is 2. The van der Waals surface area contributed by atoms with E-state index in [9.17, 15) is 4.79 Å². The van der Waals surface area contributed by atoms with Crippen LogP contribution in [-0.4, -0.2) is 26.1 Å². The van der Waals surface area contributed by atoms with Crippen molar-refractivity contribution in [3.8, 4) is 0 Å². The lowest BCUT2D eigenvalue weighted by atomic mass is 10.2. The first-order valence-corrected chi connectivity index (χ1v) is 5.33. The second kappa shape index (κ2) is 3.68. The Balaban J connectivity index is 2.30. The predicted octanol–water partition coefficient (Wildman–Crippen LogP) is 1.85. The molecule has 0 spiro atoms. The van der Waals surface area contributed by atoms with Crippen LogP contribution in [0.1, 0.15) is 42.2 Å². The molecule has 5 nitrogen and oxygen atoms in total. The van der Waals surface area contributed by atoms with Gasteiger partial charge in [-0.2, -0.15) is 0 Å². The fourth-order valence-corrected chi connectivity index (χ4v) is 2.40. The lowest BCUT2D eigenvalue weighted by Crippen LogP contribution is -2.07. The van der Waals surface area contributed by atoms with Crippen molar-refractivity contribution in [2.75, 3.05) is 0 Å². The van der Waals surface area contributed by atoms with Crippen LogP contribution in [0.2, 0.25) is 0 Å². The van der Waals surface area contributed by atoms with Crippen LogP contribution in [0.4, 0.5) is 0 Å². The maximum absolute atomic E-state index is 10.7. The molecule has 1 aromatic heterocycles. The van der Waals surface area contributed by atoms with Gasteiger partial charge in [-0.15, -0.1) is 5.10 Å². The molecule has 0 radical (unpaired) electrons. The normalized spacial score (nSPS) is 17.5. The quantitative estimate of drug-likeness (QED) is 0.881. The van der Waals surface area contributed by atoms with E-state index in [0.717, 1.165) is 12.8 Å². The zero-order chi connectivity index (χ0) is 10.1. The largest absolute Gasteiger partial charge is 0.476 e. The summed E-state index contributed by atoms with van der Waals surface area (Å²) in [6, 6.07) is 0.310. The summed E-state index contributed by atoms with van der Waals surface area (Å²) in [5.74, 6) is -1.04. The number of aromatic nitrogens is 3. The lowest BCUT2D eigenvalue weighted by molar-refractivity contribution is 0.0689. The van der Waals surface area contributed by atoms with E-state index in [1.165, 1.54) is 12.8 Å². The highest BCUT2D eigenvalue weighted by atomic mass is 79.9. The SMILES string of the molecule is O=C(O)c1nnn(C2CCCC2)c1Br. The molecule has 0 amide bonds. The van der Waals surface area contributed by atoms with Crippen molar-refractivity contribution in [3.05, 3.63) is 10.3 Å². The van der Waals surface area contributed by atoms with E-state index in [-0.39, 0.29) is 5.69 Å². The summed E-state index contributed by atoms with van der Waals surface area (Å²) in [5.41, 5.74) is -0.00287. The number of carbonyl (C=O) groups is 1. The Bertz CT molecular complexity index is 357. The van der Waals surface area contributed by atoms with Gasteiger partial charge in [0.2, 0.25) is 5.69 Å². The van der Waals surface area contributed by atoms with Gasteiger partial charge in [-0.05, 0) is 28.8 Å². The van der Waals surface area contributed by atoms with Gasteiger partial charge in [0.1, 0.15) is 4.60 Å². The zero-order valence-corrected chi connectivity index (χ0v) is 9.07. The predicted molar refractivity (Wildman–Crippen MR) is 52.2 cm³/mol. The highest BCUT2D eigenvalue weighted by Gasteiger charge is 2.24. The maximum Gasteiger partial charge on any atom is 0.359 e. The molecule has 2 rings (SSSR count). The van der Waals surface area contributed by atoms with Crippen molar-refractivity contribution in [1.29, 1.82) is 0 Å². The van der Waals surface area contributed by atoms with Gasteiger partial charge in [0.15, 0.2) is 0 Å². The first kappa shape index (κ1) is 9.64. The average molecular weight is 260 g/mol. The molecule has 0 aromatic carbocycles. The Kier molecular flexibility index (Phi) is 2.54. The van der Waals surface area contributed by atoms with Gasteiger partial charge in [-0.1, -0.05) is 18.1 Å². The molecule has 0 unspecified atom stereocenters. The van der Waals surface area contributed by atoms with E-state index in [1.54, 1.807) is 4.68 Å². The van der Waals surface area contributed by atoms with Crippen molar-refractivity contribution < 1.29 is 9.90 Å². The highest BCUT2D eigenvalue weighted by molar-refractivity contribution is 9.10. The van der Waals surface area contributed by atoms with Crippen LogP contribution in [0.5, 0.6) is 0 Å². The van der Waals surface area contributed by atoms with Gasteiger partial charge in [0, 0.05) is 0 Å². The molecule has 1 fully saturated rings. The molecule has 14 heavy (non-hydrogen) atoms. The topological polar surface area (TPSA) is 68.0 Å². The smallest absolute Gasteiger partial charge is 0.359 e. The second-order valence-electron chi connectivity index (χ2n) is 3.42. The van der Waals surface area contributed by atoms with Crippen molar-refractivity contribution in [2.45, 2.75) is 31.7 Å². The molecule has 1 saturated carbocycles. The highest BCUT2D eigenvalue weighted by Crippen LogP contribution is 2.31. The molecule has 0 aliphatic heterocycles. The minimum atomic E-state index is -1.04.